The number of halogens is 1. The zero-order valence-electron chi connectivity index (χ0n) is 10.4. The van der Waals surface area contributed by atoms with Crippen molar-refractivity contribution in [2.24, 2.45) is 5.73 Å². The number of anilines is 2. The summed E-state index contributed by atoms with van der Waals surface area (Å²) in [5.74, 6) is 0. The average Bonchev–Trinajstić information content (AvgIpc) is 2.40. The Bertz CT molecular complexity index is 511. The van der Waals surface area contributed by atoms with Crippen molar-refractivity contribution in [2.45, 2.75) is 6.42 Å². The first kappa shape index (κ1) is 13.1. The second kappa shape index (κ2) is 6.03. The number of hydrogen-bond donors (Lipinski definition) is 1. The Morgan fingerprint density at radius 1 is 1.11 bits per heavy atom. The molecule has 0 aliphatic heterocycles. The Hall–Kier alpha value is -1.32. The van der Waals surface area contributed by atoms with E-state index in [4.69, 9.17) is 5.73 Å². The molecule has 0 bridgehead atoms. The van der Waals surface area contributed by atoms with Gasteiger partial charge in [0.15, 0.2) is 0 Å². The number of para-hydroxylation sites is 1. The van der Waals surface area contributed by atoms with E-state index in [-0.39, 0.29) is 0 Å². The van der Waals surface area contributed by atoms with Gasteiger partial charge < -0.3 is 10.6 Å². The third-order valence-corrected chi connectivity index (χ3v) is 3.59. The minimum Gasteiger partial charge on any atom is -0.344 e. The Morgan fingerprint density at radius 2 is 1.83 bits per heavy atom. The third-order valence-electron chi connectivity index (χ3n) is 2.95. The highest BCUT2D eigenvalue weighted by Crippen LogP contribution is 2.31. The fraction of sp³-hybridized carbons (Fsp3) is 0.200. The SMILES string of the molecule is CN(c1ccccc1)c1ccc(CCN)cc1Br. The summed E-state index contributed by atoms with van der Waals surface area (Å²) in [6.07, 6.45) is 0.911. The molecular weight excluding hydrogens is 288 g/mol. The van der Waals surface area contributed by atoms with Gasteiger partial charge in [-0.3, -0.25) is 0 Å². The van der Waals surface area contributed by atoms with Crippen molar-refractivity contribution in [3.63, 3.8) is 0 Å². The minimum atomic E-state index is 0.681. The normalized spacial score (nSPS) is 10.4. The lowest BCUT2D eigenvalue weighted by Gasteiger charge is -2.21. The molecule has 0 aliphatic rings. The molecule has 0 saturated carbocycles. The van der Waals surface area contributed by atoms with Crippen LogP contribution in [0.15, 0.2) is 53.0 Å². The van der Waals surface area contributed by atoms with Crippen LogP contribution in [0.2, 0.25) is 0 Å². The fourth-order valence-corrected chi connectivity index (χ4v) is 2.63. The van der Waals surface area contributed by atoms with Crippen molar-refractivity contribution >= 4 is 27.3 Å². The summed E-state index contributed by atoms with van der Waals surface area (Å²) in [6, 6.07) is 16.7. The average molecular weight is 305 g/mol. The Morgan fingerprint density at radius 3 is 2.44 bits per heavy atom. The number of rotatable bonds is 4. The van der Waals surface area contributed by atoms with E-state index >= 15 is 0 Å². The highest BCUT2D eigenvalue weighted by atomic mass is 79.9. The van der Waals surface area contributed by atoms with Crippen molar-refractivity contribution in [1.29, 1.82) is 0 Å². The van der Waals surface area contributed by atoms with Crippen LogP contribution in [-0.4, -0.2) is 13.6 Å². The van der Waals surface area contributed by atoms with Crippen LogP contribution in [-0.2, 0) is 6.42 Å². The molecule has 0 atom stereocenters. The highest BCUT2D eigenvalue weighted by Gasteiger charge is 2.07. The van der Waals surface area contributed by atoms with Gasteiger partial charge in [-0.1, -0.05) is 24.3 Å². The van der Waals surface area contributed by atoms with Gasteiger partial charge in [0.1, 0.15) is 0 Å². The van der Waals surface area contributed by atoms with Crippen LogP contribution in [0, 0.1) is 0 Å². The van der Waals surface area contributed by atoms with Crippen LogP contribution in [0.4, 0.5) is 11.4 Å². The molecule has 2 N–H and O–H groups in total. The van der Waals surface area contributed by atoms with E-state index in [1.165, 1.54) is 11.3 Å². The maximum atomic E-state index is 5.57. The first-order valence-corrected chi connectivity index (χ1v) is 6.79. The summed E-state index contributed by atoms with van der Waals surface area (Å²) < 4.78 is 1.10. The molecule has 2 nitrogen and oxygen atoms in total. The Kier molecular flexibility index (Phi) is 4.39. The monoisotopic (exact) mass is 304 g/mol. The molecule has 0 aromatic heterocycles. The summed E-state index contributed by atoms with van der Waals surface area (Å²) in [4.78, 5) is 2.16. The summed E-state index contributed by atoms with van der Waals surface area (Å²) in [5.41, 5.74) is 9.16. The smallest absolute Gasteiger partial charge is 0.0552 e. The maximum Gasteiger partial charge on any atom is 0.0552 e. The number of nitrogens with two attached hydrogens (primary N) is 1. The topological polar surface area (TPSA) is 29.3 Å². The molecule has 0 unspecified atom stereocenters. The van der Waals surface area contributed by atoms with Gasteiger partial charge in [0.25, 0.3) is 0 Å². The van der Waals surface area contributed by atoms with Crippen LogP contribution in [0.5, 0.6) is 0 Å². The first-order valence-electron chi connectivity index (χ1n) is 5.99. The zero-order valence-corrected chi connectivity index (χ0v) is 12.0. The minimum absolute atomic E-state index is 0.681. The highest BCUT2D eigenvalue weighted by molar-refractivity contribution is 9.10. The van der Waals surface area contributed by atoms with Gasteiger partial charge in [-0.25, -0.2) is 0 Å². The predicted molar refractivity (Wildman–Crippen MR) is 81.4 cm³/mol. The predicted octanol–water partition coefficient (Wildman–Crippen LogP) is 3.72. The number of nitrogens with zero attached hydrogens (tertiary/aromatic N) is 1. The molecule has 2 aromatic carbocycles. The van der Waals surface area contributed by atoms with Gasteiger partial charge in [-0.05, 0) is 58.7 Å². The maximum absolute atomic E-state index is 5.57. The van der Waals surface area contributed by atoms with E-state index in [9.17, 15) is 0 Å². The molecule has 0 aliphatic carbocycles. The van der Waals surface area contributed by atoms with Gasteiger partial charge in [0, 0.05) is 17.2 Å². The van der Waals surface area contributed by atoms with E-state index in [1.807, 2.05) is 18.2 Å². The van der Waals surface area contributed by atoms with Gasteiger partial charge >= 0.3 is 0 Å². The van der Waals surface area contributed by atoms with Crippen LogP contribution >= 0.6 is 15.9 Å². The van der Waals surface area contributed by atoms with Gasteiger partial charge in [0.2, 0.25) is 0 Å². The fourth-order valence-electron chi connectivity index (χ4n) is 1.94. The second-order valence-corrected chi connectivity index (χ2v) is 5.07. The molecule has 3 heteroatoms. The first-order chi connectivity index (χ1) is 8.72. The van der Waals surface area contributed by atoms with Crippen molar-refractivity contribution in [3.05, 3.63) is 58.6 Å². The van der Waals surface area contributed by atoms with Crippen molar-refractivity contribution in [3.8, 4) is 0 Å². The third kappa shape index (κ3) is 2.92. The lowest BCUT2D eigenvalue weighted by atomic mass is 10.1. The van der Waals surface area contributed by atoms with Crippen LogP contribution in [0.3, 0.4) is 0 Å². The van der Waals surface area contributed by atoms with E-state index in [0.29, 0.717) is 6.54 Å². The molecule has 0 amide bonds. The lowest BCUT2D eigenvalue weighted by molar-refractivity contribution is 0.967. The van der Waals surface area contributed by atoms with E-state index < -0.39 is 0 Å². The molecule has 0 heterocycles. The molecule has 2 aromatic rings. The summed E-state index contributed by atoms with van der Waals surface area (Å²) in [7, 11) is 2.07. The Balaban J connectivity index is 2.28. The molecule has 2 rings (SSSR count). The molecule has 94 valence electrons. The Labute approximate surface area is 117 Å². The quantitative estimate of drug-likeness (QED) is 0.933. The van der Waals surface area contributed by atoms with Gasteiger partial charge in [0.05, 0.1) is 5.69 Å². The molecule has 0 saturated heterocycles. The van der Waals surface area contributed by atoms with E-state index in [0.717, 1.165) is 16.6 Å². The van der Waals surface area contributed by atoms with Gasteiger partial charge in [-0.15, -0.1) is 0 Å². The van der Waals surface area contributed by atoms with Crippen LogP contribution in [0.25, 0.3) is 0 Å². The molecule has 18 heavy (non-hydrogen) atoms. The summed E-state index contributed by atoms with van der Waals surface area (Å²) >= 11 is 3.63. The van der Waals surface area contributed by atoms with Gasteiger partial charge in [-0.2, -0.15) is 0 Å². The summed E-state index contributed by atoms with van der Waals surface area (Å²) in [6.45, 7) is 0.681. The summed E-state index contributed by atoms with van der Waals surface area (Å²) in [5, 5.41) is 0. The lowest BCUT2D eigenvalue weighted by Crippen LogP contribution is -2.10. The van der Waals surface area contributed by atoms with Crippen molar-refractivity contribution in [2.75, 3.05) is 18.5 Å². The molecule has 0 spiro atoms. The molecular formula is C15H17BrN2. The van der Waals surface area contributed by atoms with Crippen molar-refractivity contribution < 1.29 is 0 Å². The van der Waals surface area contributed by atoms with Crippen LogP contribution in [0.1, 0.15) is 5.56 Å². The van der Waals surface area contributed by atoms with Crippen LogP contribution < -0.4 is 10.6 Å². The number of benzene rings is 2. The van der Waals surface area contributed by atoms with E-state index in [1.54, 1.807) is 0 Å². The molecule has 0 radical (unpaired) electrons. The standard InChI is InChI=1S/C15H17BrN2/c1-18(13-5-3-2-4-6-13)15-8-7-12(9-10-17)11-14(15)16/h2-8,11H,9-10,17H2,1H3. The second-order valence-electron chi connectivity index (χ2n) is 4.22. The largest absolute Gasteiger partial charge is 0.344 e. The number of hydrogen-bond acceptors (Lipinski definition) is 2. The zero-order chi connectivity index (χ0) is 13.0. The van der Waals surface area contributed by atoms with Crippen molar-refractivity contribution in [1.82, 2.24) is 0 Å². The molecule has 0 fully saturated rings. The van der Waals surface area contributed by atoms with E-state index in [2.05, 4.69) is 58.2 Å².